The van der Waals surface area contributed by atoms with Crippen molar-refractivity contribution in [2.45, 2.75) is 30.6 Å². The highest BCUT2D eigenvalue weighted by Gasteiger charge is 2.34. The van der Waals surface area contributed by atoms with Crippen molar-refractivity contribution in [3.8, 4) is 0 Å². The lowest BCUT2D eigenvalue weighted by Gasteiger charge is -2.47. The second-order valence-corrected chi connectivity index (χ2v) is 7.02. The fourth-order valence-corrected chi connectivity index (χ4v) is 4.83. The van der Waals surface area contributed by atoms with Crippen LogP contribution in [0.1, 0.15) is 24.8 Å². The normalized spacial score (nSPS) is 27.4. The molecule has 2 aliphatic heterocycles. The van der Waals surface area contributed by atoms with Gasteiger partial charge >= 0.3 is 0 Å². The molecule has 20 heavy (non-hydrogen) atoms. The van der Waals surface area contributed by atoms with E-state index in [4.69, 9.17) is 11.6 Å². The molecule has 0 bridgehead atoms. The van der Waals surface area contributed by atoms with Crippen LogP contribution in [0.25, 0.3) is 0 Å². The van der Waals surface area contributed by atoms with Crippen LogP contribution in [0.2, 0.25) is 5.02 Å². The molecule has 4 heteroatoms. The van der Waals surface area contributed by atoms with E-state index >= 15 is 0 Å². The number of fused-ring (bicyclic) bond motifs is 1. The van der Waals surface area contributed by atoms with Gasteiger partial charge in [-0.3, -0.25) is 0 Å². The molecule has 0 aromatic heterocycles. The third kappa shape index (κ3) is 2.72. The number of likely N-dealkylation sites (tertiary alicyclic amines) is 1. The molecule has 0 saturated carbocycles. The van der Waals surface area contributed by atoms with Gasteiger partial charge in [0.1, 0.15) is 0 Å². The van der Waals surface area contributed by atoms with Gasteiger partial charge in [-0.25, -0.2) is 0 Å². The Morgan fingerprint density at radius 2 is 2.15 bits per heavy atom. The van der Waals surface area contributed by atoms with Gasteiger partial charge in [-0.05, 0) is 50.9 Å². The van der Waals surface area contributed by atoms with E-state index in [1.807, 2.05) is 6.07 Å². The first-order valence-electron chi connectivity index (χ1n) is 7.49. The van der Waals surface area contributed by atoms with Gasteiger partial charge in [0, 0.05) is 40.7 Å². The van der Waals surface area contributed by atoms with E-state index in [1.54, 1.807) is 0 Å². The molecule has 110 valence electrons. The number of anilines is 1. The third-order valence-electron chi connectivity index (χ3n) is 4.91. The number of nitrogens with zero attached hydrogens (tertiary/aromatic N) is 2. The van der Waals surface area contributed by atoms with Crippen molar-refractivity contribution in [3.63, 3.8) is 0 Å². The van der Waals surface area contributed by atoms with E-state index in [1.165, 1.54) is 43.6 Å². The Hall–Kier alpha value is -0.250. The number of hydrogen-bond donors (Lipinski definition) is 0. The van der Waals surface area contributed by atoms with Crippen molar-refractivity contribution in [1.29, 1.82) is 0 Å². The Bertz CT molecular complexity index is 480. The third-order valence-corrected chi connectivity index (χ3v) is 5.83. The van der Waals surface area contributed by atoms with Gasteiger partial charge in [-0.2, -0.15) is 0 Å². The fourth-order valence-electron chi connectivity index (χ4n) is 3.85. The number of rotatable bonds is 2. The van der Waals surface area contributed by atoms with Crippen molar-refractivity contribution in [1.82, 2.24) is 4.90 Å². The molecule has 2 aliphatic rings. The zero-order valence-corrected chi connectivity index (χ0v) is 14.3. The highest BCUT2D eigenvalue weighted by atomic mass is 79.9. The van der Waals surface area contributed by atoms with Gasteiger partial charge in [-0.15, -0.1) is 0 Å². The number of halogens is 2. The Morgan fingerprint density at radius 3 is 2.95 bits per heavy atom. The van der Waals surface area contributed by atoms with Crippen molar-refractivity contribution in [3.05, 3.63) is 28.8 Å². The van der Waals surface area contributed by atoms with Crippen LogP contribution in [0.5, 0.6) is 0 Å². The molecule has 2 atom stereocenters. The van der Waals surface area contributed by atoms with Crippen molar-refractivity contribution < 1.29 is 0 Å². The lowest BCUT2D eigenvalue weighted by molar-refractivity contribution is 0.102. The second kappa shape index (κ2) is 6.25. The number of piperidine rings is 2. The molecule has 0 N–H and O–H groups in total. The van der Waals surface area contributed by atoms with Crippen LogP contribution in [-0.2, 0) is 5.33 Å². The van der Waals surface area contributed by atoms with Crippen molar-refractivity contribution >= 4 is 33.2 Å². The van der Waals surface area contributed by atoms with Crippen LogP contribution >= 0.6 is 27.5 Å². The largest absolute Gasteiger partial charge is 0.371 e. The number of benzene rings is 1. The maximum atomic E-state index is 6.34. The molecule has 0 aliphatic carbocycles. The summed E-state index contributed by atoms with van der Waals surface area (Å²) in [7, 11) is 2.29. The Kier molecular flexibility index (Phi) is 4.58. The summed E-state index contributed by atoms with van der Waals surface area (Å²) >= 11 is 9.93. The summed E-state index contributed by atoms with van der Waals surface area (Å²) in [6.07, 6.45) is 3.98. The topological polar surface area (TPSA) is 6.48 Å². The Balaban J connectivity index is 1.81. The van der Waals surface area contributed by atoms with Crippen LogP contribution in [-0.4, -0.2) is 37.6 Å². The summed E-state index contributed by atoms with van der Waals surface area (Å²) in [6.45, 7) is 3.59. The minimum atomic E-state index is 0.784. The maximum Gasteiger partial charge on any atom is 0.0467 e. The SMILES string of the molecule is CN1CCCC2CN(c3cccc(Cl)c3CBr)CCC21. The van der Waals surface area contributed by atoms with E-state index < -0.39 is 0 Å². The fraction of sp³-hybridized carbons (Fsp3) is 0.625. The highest BCUT2D eigenvalue weighted by Crippen LogP contribution is 2.35. The summed E-state index contributed by atoms with van der Waals surface area (Å²) in [5.41, 5.74) is 2.55. The molecule has 0 radical (unpaired) electrons. The Labute approximate surface area is 135 Å². The average Bonchev–Trinajstić information content (AvgIpc) is 2.47. The number of alkyl halides is 1. The smallest absolute Gasteiger partial charge is 0.0467 e. The van der Waals surface area contributed by atoms with Gasteiger partial charge < -0.3 is 9.80 Å². The molecule has 2 nitrogen and oxygen atoms in total. The van der Waals surface area contributed by atoms with Crippen LogP contribution in [0.3, 0.4) is 0 Å². The van der Waals surface area contributed by atoms with Gasteiger partial charge in [-0.1, -0.05) is 33.6 Å². The highest BCUT2D eigenvalue weighted by molar-refractivity contribution is 9.08. The van der Waals surface area contributed by atoms with E-state index in [0.29, 0.717) is 0 Å². The molecule has 2 heterocycles. The van der Waals surface area contributed by atoms with Crippen molar-refractivity contribution in [2.24, 2.45) is 5.92 Å². The second-order valence-electron chi connectivity index (χ2n) is 6.06. The van der Waals surface area contributed by atoms with E-state index in [9.17, 15) is 0 Å². The molecule has 2 unspecified atom stereocenters. The summed E-state index contributed by atoms with van der Waals surface area (Å²) in [5.74, 6) is 0.810. The summed E-state index contributed by atoms with van der Waals surface area (Å²) in [5, 5.41) is 1.70. The summed E-state index contributed by atoms with van der Waals surface area (Å²) < 4.78 is 0. The summed E-state index contributed by atoms with van der Waals surface area (Å²) in [4.78, 5) is 5.11. The van der Waals surface area contributed by atoms with Crippen molar-refractivity contribution in [2.75, 3.05) is 31.6 Å². The molecule has 1 aromatic rings. The zero-order valence-electron chi connectivity index (χ0n) is 12.0. The Morgan fingerprint density at radius 1 is 1.30 bits per heavy atom. The van der Waals surface area contributed by atoms with E-state index in [-0.39, 0.29) is 0 Å². The molecule has 2 fully saturated rings. The number of hydrogen-bond acceptors (Lipinski definition) is 2. The van der Waals surface area contributed by atoms with Gasteiger partial charge in [0.25, 0.3) is 0 Å². The molecule has 0 spiro atoms. The monoisotopic (exact) mass is 356 g/mol. The molecule has 1 aromatic carbocycles. The maximum absolute atomic E-state index is 6.34. The van der Waals surface area contributed by atoms with E-state index in [2.05, 4.69) is 44.9 Å². The molecular weight excluding hydrogens is 336 g/mol. The first kappa shape index (κ1) is 14.7. The van der Waals surface area contributed by atoms with Crippen LogP contribution in [0.15, 0.2) is 18.2 Å². The lowest BCUT2D eigenvalue weighted by atomic mass is 9.84. The lowest BCUT2D eigenvalue weighted by Crippen LogP contribution is -2.52. The minimum Gasteiger partial charge on any atom is -0.371 e. The first-order valence-corrected chi connectivity index (χ1v) is 8.99. The molecule has 0 amide bonds. The minimum absolute atomic E-state index is 0.784. The standard InChI is InChI=1S/C16H22BrClN2/c1-19-8-3-4-12-11-20(9-7-15(12)19)16-6-2-5-14(18)13(16)10-17/h2,5-6,12,15H,3-4,7-11H2,1H3. The quantitative estimate of drug-likeness (QED) is 0.733. The zero-order chi connectivity index (χ0) is 14.1. The molecule has 3 rings (SSSR count). The van der Waals surface area contributed by atoms with Crippen LogP contribution < -0.4 is 4.90 Å². The van der Waals surface area contributed by atoms with E-state index in [0.717, 1.165) is 28.9 Å². The van der Waals surface area contributed by atoms with Crippen LogP contribution in [0.4, 0.5) is 5.69 Å². The summed E-state index contributed by atoms with van der Waals surface area (Å²) in [6, 6.07) is 7.06. The first-order chi connectivity index (χ1) is 9.70. The predicted molar refractivity (Wildman–Crippen MR) is 90.1 cm³/mol. The van der Waals surface area contributed by atoms with Gasteiger partial charge in [0.05, 0.1) is 0 Å². The van der Waals surface area contributed by atoms with Gasteiger partial charge in [0.15, 0.2) is 0 Å². The molecule has 2 saturated heterocycles. The predicted octanol–water partition coefficient (Wildman–Crippen LogP) is 4.16. The van der Waals surface area contributed by atoms with Gasteiger partial charge in [0.2, 0.25) is 0 Å². The van der Waals surface area contributed by atoms with Crippen LogP contribution in [0, 0.1) is 5.92 Å². The molecular formula is C16H22BrClN2. The average molecular weight is 358 g/mol.